The van der Waals surface area contributed by atoms with Crippen molar-refractivity contribution in [1.29, 1.82) is 0 Å². The van der Waals surface area contributed by atoms with Crippen LogP contribution in [0.5, 0.6) is 0 Å². The van der Waals surface area contributed by atoms with Crippen LogP contribution in [0.2, 0.25) is 0 Å². The van der Waals surface area contributed by atoms with Gasteiger partial charge in [-0.25, -0.2) is 0 Å². The number of para-hydroxylation sites is 1. The van der Waals surface area contributed by atoms with Crippen molar-refractivity contribution in [3.63, 3.8) is 0 Å². The smallest absolute Gasteiger partial charge is 0.162 e. The fraction of sp³-hybridized carbons (Fsp3) is 0.214. The summed E-state index contributed by atoms with van der Waals surface area (Å²) in [5.74, 6) is 0. The van der Waals surface area contributed by atoms with Crippen molar-refractivity contribution in [3.8, 4) is 5.69 Å². The molecule has 0 bridgehead atoms. The van der Waals surface area contributed by atoms with E-state index in [1.54, 1.807) is 0 Å². The molecule has 0 N–H and O–H groups in total. The first-order chi connectivity index (χ1) is 7.18. The van der Waals surface area contributed by atoms with Crippen LogP contribution in [0.4, 0.5) is 0 Å². The maximum absolute atomic E-state index is 2.27. The highest BCUT2D eigenvalue weighted by molar-refractivity contribution is 5.24. The van der Waals surface area contributed by atoms with Crippen LogP contribution >= 0.6 is 0 Å². The van der Waals surface area contributed by atoms with Crippen molar-refractivity contribution in [2.24, 2.45) is 0 Å². The summed E-state index contributed by atoms with van der Waals surface area (Å²) in [6, 6.07) is 14.9. The molecule has 1 nitrogen and oxygen atoms in total. The van der Waals surface area contributed by atoms with Gasteiger partial charge in [-0.15, -0.1) is 0 Å². The molecule has 1 heteroatoms. The van der Waals surface area contributed by atoms with Gasteiger partial charge < -0.3 is 0 Å². The van der Waals surface area contributed by atoms with Crippen LogP contribution in [0.15, 0.2) is 42.5 Å². The normalized spacial score (nSPS) is 10.3. The average Bonchev–Trinajstić information content (AvgIpc) is 2.17. The molecule has 0 amide bonds. The second-order valence-corrected chi connectivity index (χ2v) is 3.99. The van der Waals surface area contributed by atoms with E-state index in [-0.39, 0.29) is 0 Å². The standard InChI is InChI=1S/C14H16N/c1-11-9-12(2)15(13(3)10-11)14-7-5-4-6-8-14/h4-10H,1-3H3/q+1. The highest BCUT2D eigenvalue weighted by atomic mass is 15.0. The monoisotopic (exact) mass is 198 g/mol. The van der Waals surface area contributed by atoms with Crippen LogP contribution < -0.4 is 4.57 Å². The van der Waals surface area contributed by atoms with Gasteiger partial charge in [-0.2, -0.15) is 4.57 Å². The molecule has 0 aliphatic heterocycles. The van der Waals surface area contributed by atoms with Gasteiger partial charge in [0.1, 0.15) is 0 Å². The van der Waals surface area contributed by atoms with E-state index in [0.29, 0.717) is 0 Å². The van der Waals surface area contributed by atoms with Gasteiger partial charge in [-0.05, 0) is 12.5 Å². The number of pyridine rings is 1. The third-order valence-electron chi connectivity index (χ3n) is 2.59. The van der Waals surface area contributed by atoms with Crippen molar-refractivity contribution >= 4 is 0 Å². The molecule has 0 atom stereocenters. The Morgan fingerprint density at radius 3 is 1.87 bits per heavy atom. The van der Waals surface area contributed by atoms with E-state index >= 15 is 0 Å². The minimum atomic E-state index is 1.23. The third-order valence-corrected chi connectivity index (χ3v) is 2.59. The topological polar surface area (TPSA) is 3.88 Å². The lowest BCUT2D eigenvalue weighted by molar-refractivity contribution is -0.609. The minimum Gasteiger partial charge on any atom is -0.162 e. The molecule has 0 fully saturated rings. The highest BCUT2D eigenvalue weighted by Gasteiger charge is 2.13. The Balaban J connectivity index is 2.64. The van der Waals surface area contributed by atoms with Gasteiger partial charge in [0.15, 0.2) is 11.4 Å². The Kier molecular flexibility index (Phi) is 2.55. The van der Waals surface area contributed by atoms with E-state index in [9.17, 15) is 0 Å². The number of hydrogen-bond donors (Lipinski definition) is 0. The number of aryl methyl sites for hydroxylation is 3. The first kappa shape index (κ1) is 9.91. The summed E-state index contributed by atoms with van der Waals surface area (Å²) in [6.45, 7) is 6.43. The first-order valence-corrected chi connectivity index (χ1v) is 5.24. The number of aromatic nitrogens is 1. The number of rotatable bonds is 1. The Morgan fingerprint density at radius 2 is 1.33 bits per heavy atom. The van der Waals surface area contributed by atoms with Crippen molar-refractivity contribution in [3.05, 3.63) is 59.4 Å². The third kappa shape index (κ3) is 1.91. The van der Waals surface area contributed by atoms with Crippen LogP contribution in [-0.2, 0) is 0 Å². The number of hydrogen-bond acceptors (Lipinski definition) is 0. The second-order valence-electron chi connectivity index (χ2n) is 3.99. The predicted molar refractivity (Wildman–Crippen MR) is 62.2 cm³/mol. The van der Waals surface area contributed by atoms with Gasteiger partial charge in [-0.3, -0.25) is 0 Å². The van der Waals surface area contributed by atoms with E-state index in [2.05, 4.69) is 61.7 Å². The van der Waals surface area contributed by atoms with Gasteiger partial charge in [-0.1, -0.05) is 18.2 Å². The molecule has 1 heterocycles. The molecular formula is C14H16N+. The molecule has 0 saturated heterocycles. The van der Waals surface area contributed by atoms with E-state index < -0.39 is 0 Å². The fourth-order valence-corrected chi connectivity index (χ4v) is 2.09. The molecule has 2 rings (SSSR count). The Hall–Kier alpha value is -1.63. The van der Waals surface area contributed by atoms with E-state index in [1.165, 1.54) is 22.6 Å². The molecule has 76 valence electrons. The lowest BCUT2D eigenvalue weighted by atomic mass is 10.2. The van der Waals surface area contributed by atoms with Crippen molar-refractivity contribution < 1.29 is 4.57 Å². The highest BCUT2D eigenvalue weighted by Crippen LogP contribution is 2.06. The van der Waals surface area contributed by atoms with Crippen molar-refractivity contribution in [2.45, 2.75) is 20.8 Å². The van der Waals surface area contributed by atoms with Gasteiger partial charge in [0.05, 0.1) is 0 Å². The Morgan fingerprint density at radius 1 is 0.800 bits per heavy atom. The van der Waals surface area contributed by atoms with Crippen LogP contribution in [0.25, 0.3) is 5.69 Å². The van der Waals surface area contributed by atoms with Crippen LogP contribution in [0.3, 0.4) is 0 Å². The van der Waals surface area contributed by atoms with Crippen LogP contribution in [0, 0.1) is 20.8 Å². The molecule has 1 aromatic heterocycles. The summed E-state index contributed by atoms with van der Waals surface area (Å²) in [5.41, 5.74) is 5.10. The van der Waals surface area contributed by atoms with Crippen LogP contribution in [0.1, 0.15) is 17.0 Å². The number of benzene rings is 1. The maximum atomic E-state index is 2.27. The predicted octanol–water partition coefficient (Wildman–Crippen LogP) is 2.89. The number of nitrogens with zero attached hydrogens (tertiary/aromatic N) is 1. The largest absolute Gasteiger partial charge is 0.211 e. The summed E-state index contributed by atoms with van der Waals surface area (Å²) >= 11 is 0. The van der Waals surface area contributed by atoms with Gasteiger partial charge in [0.2, 0.25) is 5.69 Å². The van der Waals surface area contributed by atoms with Crippen LogP contribution in [-0.4, -0.2) is 0 Å². The summed E-state index contributed by atoms with van der Waals surface area (Å²) < 4.78 is 2.27. The van der Waals surface area contributed by atoms with Gasteiger partial charge in [0, 0.05) is 38.1 Å². The summed E-state index contributed by atoms with van der Waals surface area (Å²) in [4.78, 5) is 0. The Bertz CT molecular complexity index is 449. The Labute approximate surface area is 91.0 Å². The van der Waals surface area contributed by atoms with Crippen molar-refractivity contribution in [2.75, 3.05) is 0 Å². The summed E-state index contributed by atoms with van der Waals surface area (Å²) in [5, 5.41) is 0. The molecular weight excluding hydrogens is 182 g/mol. The summed E-state index contributed by atoms with van der Waals surface area (Å²) in [7, 11) is 0. The average molecular weight is 198 g/mol. The minimum absolute atomic E-state index is 1.23. The molecule has 0 spiro atoms. The molecule has 15 heavy (non-hydrogen) atoms. The van der Waals surface area contributed by atoms with Gasteiger partial charge in [0.25, 0.3) is 0 Å². The molecule has 0 saturated carbocycles. The SMILES string of the molecule is Cc1cc(C)[n+](-c2ccccc2)c(C)c1. The zero-order chi connectivity index (χ0) is 10.8. The van der Waals surface area contributed by atoms with E-state index in [1.807, 2.05) is 6.07 Å². The molecule has 0 unspecified atom stereocenters. The van der Waals surface area contributed by atoms with Crippen molar-refractivity contribution in [1.82, 2.24) is 0 Å². The lowest BCUT2D eigenvalue weighted by Crippen LogP contribution is -2.37. The molecule has 2 aromatic rings. The quantitative estimate of drug-likeness (QED) is 0.620. The fourth-order valence-electron chi connectivity index (χ4n) is 2.09. The first-order valence-electron chi connectivity index (χ1n) is 5.24. The lowest BCUT2D eigenvalue weighted by Gasteiger charge is -2.04. The molecule has 1 aromatic carbocycles. The van der Waals surface area contributed by atoms with Gasteiger partial charge >= 0.3 is 0 Å². The zero-order valence-corrected chi connectivity index (χ0v) is 9.49. The molecule has 0 aliphatic carbocycles. The zero-order valence-electron chi connectivity index (χ0n) is 9.49. The van der Waals surface area contributed by atoms with E-state index in [4.69, 9.17) is 0 Å². The molecule has 0 aliphatic rings. The second kappa shape index (κ2) is 3.85. The maximum Gasteiger partial charge on any atom is 0.211 e. The summed E-state index contributed by atoms with van der Waals surface area (Å²) in [6.07, 6.45) is 0. The van der Waals surface area contributed by atoms with E-state index in [0.717, 1.165) is 0 Å². The molecule has 0 radical (unpaired) electrons.